The second-order valence-electron chi connectivity index (χ2n) is 1.87. The van der Waals surface area contributed by atoms with E-state index < -0.39 is 0 Å². The topological polar surface area (TPSA) is 75.8 Å². The summed E-state index contributed by atoms with van der Waals surface area (Å²) < 4.78 is 6.62. The number of nitrogens with zero attached hydrogens (tertiary/aromatic N) is 1. The Morgan fingerprint density at radius 1 is 1.20 bits per heavy atom. The number of rotatable bonds is 5. The third kappa shape index (κ3) is 15.7. The van der Waals surface area contributed by atoms with Crippen LogP contribution in [-0.2, 0) is 15.1 Å². The molecule has 4 heteroatoms. The Labute approximate surface area is 70.1 Å². The van der Waals surface area contributed by atoms with Crippen molar-refractivity contribution in [3.05, 3.63) is 6.54 Å². The van der Waals surface area contributed by atoms with Crippen molar-refractivity contribution < 1.29 is 15.1 Å². The van der Waals surface area contributed by atoms with Crippen molar-refractivity contribution in [2.45, 2.75) is 25.7 Å². The third-order valence-corrected chi connectivity index (χ3v) is 1.07. The van der Waals surface area contributed by atoms with Crippen LogP contribution in [0.4, 0.5) is 0 Å². The molecule has 0 unspecified atom stereocenters. The van der Waals surface area contributed by atoms with E-state index in [0.29, 0.717) is 0 Å². The van der Waals surface area contributed by atoms with E-state index in [0.717, 1.165) is 19.4 Å². The zero-order chi connectivity index (χ0) is 8.24. The Morgan fingerprint density at radius 3 is 2.20 bits per heavy atom. The zero-order valence-corrected chi connectivity index (χ0v) is 7.02. The Bertz CT molecular complexity index is 59.3. The molecular weight excluding hydrogens is 173 g/mol. The summed E-state index contributed by atoms with van der Waals surface area (Å²) in [6.45, 7) is 2.51. The maximum atomic E-state index is 6.62. The van der Waals surface area contributed by atoms with Crippen molar-refractivity contribution in [1.82, 2.24) is 0 Å². The quantitative estimate of drug-likeness (QED) is 0.377. The van der Waals surface area contributed by atoms with Crippen molar-refractivity contribution >= 4 is 0 Å². The Morgan fingerprint density at radius 2 is 1.80 bits per heavy atom. The monoisotopic (exact) mass is 187 g/mol. The van der Waals surface area contributed by atoms with Gasteiger partial charge in [0, 0.05) is 0 Å². The minimum absolute atomic E-state index is 0.810. The van der Waals surface area contributed by atoms with Crippen molar-refractivity contribution in [2.24, 2.45) is 11.5 Å². The molecule has 0 spiro atoms. The average Bonchev–Trinajstić information content (AvgIpc) is 2.02. The minimum atomic E-state index is 0.810. The molecule has 0 aliphatic carbocycles. The fourth-order valence-corrected chi connectivity index (χ4v) is 0.583. The Hall–Kier alpha value is 0.124. The van der Waals surface area contributed by atoms with Gasteiger partial charge in [0.05, 0.1) is 0 Å². The van der Waals surface area contributed by atoms with Crippen LogP contribution in [0.15, 0.2) is 0 Å². The van der Waals surface area contributed by atoms with E-state index in [2.05, 4.69) is 15.1 Å². The molecule has 65 valence electrons. The van der Waals surface area contributed by atoms with E-state index >= 15 is 0 Å². The van der Waals surface area contributed by atoms with E-state index in [1.54, 1.807) is 6.54 Å². The molecule has 10 heavy (non-hydrogen) atoms. The molecule has 0 heterocycles. The fourth-order valence-electron chi connectivity index (χ4n) is 0.583. The van der Waals surface area contributed by atoms with Gasteiger partial charge < -0.3 is 11.5 Å². The standard InChI is InChI=1S/C6H15N2.N.Ni/c7-5-3-1-2-4-6-8;;/h5H,1-4,6-8H2;;/q-1;;. The number of hydrogen-bond acceptors (Lipinski definition) is 3. The molecule has 0 aromatic carbocycles. The van der Waals surface area contributed by atoms with Gasteiger partial charge in [0.2, 0.25) is 0 Å². The van der Waals surface area contributed by atoms with E-state index in [1.165, 1.54) is 12.8 Å². The van der Waals surface area contributed by atoms with Crippen molar-refractivity contribution in [3.63, 3.8) is 0 Å². The van der Waals surface area contributed by atoms with Gasteiger partial charge in [-0.2, -0.15) is 6.42 Å². The van der Waals surface area contributed by atoms with Crippen molar-refractivity contribution in [3.8, 4) is 0 Å². The third-order valence-electron chi connectivity index (χ3n) is 1.07. The first-order chi connectivity index (χ1) is 4.91. The Kier molecular flexibility index (Phi) is 20.5. The van der Waals surface area contributed by atoms with Gasteiger partial charge in [-0.05, 0) is 13.0 Å². The maximum absolute atomic E-state index is 6.62. The molecule has 0 amide bonds. The van der Waals surface area contributed by atoms with Crippen LogP contribution in [0.3, 0.4) is 0 Å². The summed E-state index contributed by atoms with van der Waals surface area (Å²) >= 11 is 2.88. The fraction of sp³-hybridized carbons (Fsp3) is 0.833. The summed E-state index contributed by atoms with van der Waals surface area (Å²) in [5.41, 5.74) is 10.4. The second-order valence-corrected chi connectivity index (χ2v) is 1.87. The van der Waals surface area contributed by atoms with E-state index in [1.807, 2.05) is 0 Å². The molecule has 0 aromatic heterocycles. The molecule has 0 atom stereocenters. The molecule has 0 aromatic rings. The second kappa shape index (κ2) is 16.1. The molecule has 0 aliphatic rings. The van der Waals surface area contributed by atoms with E-state index in [-0.39, 0.29) is 0 Å². The molecule has 0 bridgehead atoms. The van der Waals surface area contributed by atoms with Gasteiger partial charge in [0.25, 0.3) is 0 Å². The van der Waals surface area contributed by atoms with Gasteiger partial charge in [-0.15, -0.1) is 0 Å². The van der Waals surface area contributed by atoms with Gasteiger partial charge in [0.1, 0.15) is 0 Å². The van der Waals surface area contributed by atoms with Crippen LogP contribution in [-0.4, -0.2) is 6.54 Å². The summed E-state index contributed by atoms with van der Waals surface area (Å²) in [4.78, 5) is 0. The molecule has 0 fully saturated rings. The van der Waals surface area contributed by atoms with Crippen LogP contribution in [0.25, 0.3) is 0 Å². The average molecular weight is 188 g/mol. The van der Waals surface area contributed by atoms with E-state index in [4.69, 9.17) is 15.7 Å². The Balaban J connectivity index is 0. The summed E-state index contributed by atoms with van der Waals surface area (Å²) in [6, 6.07) is 0. The van der Waals surface area contributed by atoms with Crippen LogP contribution in [0.5, 0.6) is 0 Å². The van der Waals surface area contributed by atoms with Crippen molar-refractivity contribution in [1.29, 1.82) is 4.27 Å². The first kappa shape index (κ1) is 12.8. The summed E-state index contributed by atoms with van der Waals surface area (Å²) in [7, 11) is 0. The molecule has 0 saturated carbocycles. The summed E-state index contributed by atoms with van der Waals surface area (Å²) in [6.07, 6.45) is 4.56. The van der Waals surface area contributed by atoms with Crippen LogP contribution in [0.2, 0.25) is 0 Å². The van der Waals surface area contributed by atoms with Gasteiger partial charge in [-0.3, -0.25) is 6.54 Å². The first-order valence-electron chi connectivity index (χ1n) is 3.29. The van der Waals surface area contributed by atoms with Crippen LogP contribution >= 0.6 is 0 Å². The molecule has 4 N–H and O–H groups in total. The predicted octanol–water partition coefficient (Wildman–Crippen LogP) is 0.639. The summed E-state index contributed by atoms with van der Waals surface area (Å²) in [5, 5.41) is 0. The van der Waals surface area contributed by atoms with Gasteiger partial charge >= 0.3 is 19.4 Å². The molecular formula is C6H15N3Ni-. The number of unbranched alkanes of at least 4 members (excludes halogenated alkanes) is 3. The molecule has 0 rings (SSSR count). The van der Waals surface area contributed by atoms with Crippen LogP contribution in [0, 0.1) is 10.8 Å². The van der Waals surface area contributed by atoms with Gasteiger partial charge in [-0.25, -0.2) is 0 Å². The molecule has 0 saturated heterocycles. The SMILES string of the molecule is N[CH-]CCCCCN.[N]#[Ni]. The molecule has 0 radical (unpaired) electrons. The predicted molar refractivity (Wildman–Crippen MR) is 37.7 cm³/mol. The molecule has 3 nitrogen and oxygen atoms in total. The van der Waals surface area contributed by atoms with Crippen LogP contribution < -0.4 is 11.5 Å². The number of hydrogen-bond donors (Lipinski definition) is 2. The van der Waals surface area contributed by atoms with Crippen LogP contribution in [0.1, 0.15) is 25.7 Å². The van der Waals surface area contributed by atoms with Gasteiger partial charge in [-0.1, -0.05) is 12.8 Å². The number of nitrogens with two attached hydrogens (primary N) is 2. The first-order valence-corrected chi connectivity index (χ1v) is 3.73. The van der Waals surface area contributed by atoms with Gasteiger partial charge in [0.15, 0.2) is 0 Å². The zero-order valence-electron chi connectivity index (χ0n) is 6.03. The summed E-state index contributed by atoms with van der Waals surface area (Å²) in [5.74, 6) is 0. The normalized spacial score (nSPS) is 8.20. The molecule has 0 aliphatic heterocycles. The van der Waals surface area contributed by atoms with Crippen molar-refractivity contribution in [2.75, 3.05) is 6.54 Å². The van der Waals surface area contributed by atoms with E-state index in [9.17, 15) is 0 Å².